The minimum Gasteiger partial charge on any atom is -0.356 e. The number of aromatic nitrogens is 5. The van der Waals surface area contributed by atoms with Crippen LogP contribution in [-0.2, 0) is 4.79 Å². The Bertz CT molecular complexity index is 993. The van der Waals surface area contributed by atoms with Gasteiger partial charge in [0.15, 0.2) is 0 Å². The monoisotopic (exact) mass is 418 g/mol. The van der Waals surface area contributed by atoms with Gasteiger partial charge < -0.3 is 14.7 Å². The molecule has 31 heavy (non-hydrogen) atoms. The van der Waals surface area contributed by atoms with Gasteiger partial charge in [-0.3, -0.25) is 9.36 Å². The van der Waals surface area contributed by atoms with Crippen LogP contribution in [0.15, 0.2) is 55.5 Å². The molecule has 2 aliphatic rings. The molecule has 0 saturated carbocycles. The number of piperidine rings is 1. The fraction of sp³-hybridized carbons (Fsp3) is 0.409. The van der Waals surface area contributed by atoms with E-state index in [0.29, 0.717) is 5.91 Å². The third-order valence-electron chi connectivity index (χ3n) is 6.14. The molecular weight excluding hydrogens is 392 g/mol. The van der Waals surface area contributed by atoms with Crippen molar-refractivity contribution < 1.29 is 4.79 Å². The highest BCUT2D eigenvalue weighted by Crippen LogP contribution is 2.25. The average molecular weight is 419 g/mol. The summed E-state index contributed by atoms with van der Waals surface area (Å²) in [7, 11) is 0. The van der Waals surface area contributed by atoms with E-state index in [1.807, 2.05) is 46.1 Å². The number of pyridine rings is 1. The van der Waals surface area contributed by atoms with E-state index in [1.165, 1.54) is 0 Å². The van der Waals surface area contributed by atoms with E-state index in [2.05, 4.69) is 29.7 Å². The smallest absolute Gasteiger partial charge is 0.225 e. The number of imidazole rings is 1. The predicted octanol–water partition coefficient (Wildman–Crippen LogP) is 1.62. The van der Waals surface area contributed by atoms with Crippen molar-refractivity contribution in [3.8, 4) is 5.82 Å². The van der Waals surface area contributed by atoms with Gasteiger partial charge in [0.05, 0.1) is 0 Å². The van der Waals surface area contributed by atoms with Crippen molar-refractivity contribution in [3.63, 3.8) is 0 Å². The number of hydrogen-bond donors (Lipinski definition) is 0. The van der Waals surface area contributed by atoms with Crippen molar-refractivity contribution in [2.24, 2.45) is 5.92 Å². The van der Waals surface area contributed by atoms with E-state index in [4.69, 9.17) is 0 Å². The van der Waals surface area contributed by atoms with Gasteiger partial charge in [0.1, 0.15) is 30.1 Å². The molecule has 9 nitrogen and oxygen atoms in total. The second kappa shape index (κ2) is 8.71. The largest absolute Gasteiger partial charge is 0.356 e. The molecule has 2 saturated heterocycles. The van der Waals surface area contributed by atoms with Crippen LogP contribution in [0.2, 0.25) is 0 Å². The van der Waals surface area contributed by atoms with Gasteiger partial charge in [0.2, 0.25) is 5.91 Å². The Morgan fingerprint density at radius 3 is 2.32 bits per heavy atom. The van der Waals surface area contributed by atoms with Crippen molar-refractivity contribution in [2.75, 3.05) is 49.1 Å². The highest BCUT2D eigenvalue weighted by Gasteiger charge is 2.31. The molecule has 1 amide bonds. The zero-order chi connectivity index (χ0) is 21.0. The van der Waals surface area contributed by atoms with Gasteiger partial charge in [-0.2, -0.15) is 0 Å². The molecule has 0 unspecified atom stereocenters. The SMILES string of the molecule is O=C(C1CCN(c2cc(-n3ccnc3)ncn2)CC1)N1CCN(c2ccccn2)CC1. The van der Waals surface area contributed by atoms with Gasteiger partial charge in [-0.15, -0.1) is 0 Å². The van der Waals surface area contributed by atoms with Crippen LogP contribution in [0, 0.1) is 5.92 Å². The molecule has 3 aromatic heterocycles. The number of nitrogens with zero attached hydrogens (tertiary/aromatic N) is 8. The van der Waals surface area contributed by atoms with Gasteiger partial charge in [-0.25, -0.2) is 19.9 Å². The standard InChI is InChI=1S/C22H26N8O/c31-22(29-13-11-28(12-14-29)19-3-1-2-6-24-19)18-4-8-27(9-5-18)20-15-21(26-16-25-20)30-10-7-23-17-30/h1-3,6-7,10,15-18H,4-5,8-9,11-14H2. The third kappa shape index (κ3) is 4.21. The molecule has 5 rings (SSSR count). The zero-order valence-corrected chi connectivity index (χ0v) is 17.4. The van der Waals surface area contributed by atoms with E-state index in [-0.39, 0.29) is 5.92 Å². The number of hydrogen-bond acceptors (Lipinski definition) is 7. The highest BCUT2D eigenvalue weighted by molar-refractivity contribution is 5.79. The van der Waals surface area contributed by atoms with E-state index >= 15 is 0 Å². The first-order valence-corrected chi connectivity index (χ1v) is 10.8. The molecule has 0 aliphatic carbocycles. The lowest BCUT2D eigenvalue weighted by molar-refractivity contribution is -0.136. The molecule has 2 aliphatic heterocycles. The Labute approximate surface area is 181 Å². The van der Waals surface area contributed by atoms with Crippen LogP contribution in [0.4, 0.5) is 11.6 Å². The number of piperazine rings is 1. The maximum Gasteiger partial charge on any atom is 0.225 e. The van der Waals surface area contributed by atoms with Gasteiger partial charge in [-0.1, -0.05) is 6.07 Å². The summed E-state index contributed by atoms with van der Waals surface area (Å²) in [6.45, 7) is 4.83. The van der Waals surface area contributed by atoms with Crippen LogP contribution in [0.25, 0.3) is 5.82 Å². The number of anilines is 2. The quantitative estimate of drug-likeness (QED) is 0.637. The lowest BCUT2D eigenvalue weighted by Crippen LogP contribution is -2.52. The van der Waals surface area contributed by atoms with Crippen LogP contribution in [0.5, 0.6) is 0 Å². The van der Waals surface area contributed by atoms with Crippen LogP contribution in [-0.4, -0.2) is 74.6 Å². The van der Waals surface area contributed by atoms with Crippen molar-refractivity contribution >= 4 is 17.5 Å². The second-order valence-electron chi connectivity index (χ2n) is 7.97. The fourth-order valence-corrected chi connectivity index (χ4v) is 4.36. The average Bonchev–Trinajstić information content (AvgIpc) is 3.40. The van der Waals surface area contributed by atoms with Crippen LogP contribution < -0.4 is 9.80 Å². The lowest BCUT2D eigenvalue weighted by Gasteiger charge is -2.39. The summed E-state index contributed by atoms with van der Waals surface area (Å²) in [5.74, 6) is 3.07. The van der Waals surface area contributed by atoms with Crippen molar-refractivity contribution in [1.82, 2.24) is 29.4 Å². The predicted molar refractivity (Wildman–Crippen MR) is 117 cm³/mol. The maximum atomic E-state index is 13.1. The Balaban J connectivity index is 1.15. The first-order chi connectivity index (χ1) is 15.3. The molecule has 3 aromatic rings. The molecule has 0 aromatic carbocycles. The van der Waals surface area contributed by atoms with E-state index < -0.39 is 0 Å². The Hall–Kier alpha value is -3.49. The topological polar surface area (TPSA) is 83.3 Å². The molecule has 0 bridgehead atoms. The number of amides is 1. The minimum atomic E-state index is 0.0904. The number of carbonyl (C=O) groups is 1. The number of rotatable bonds is 4. The van der Waals surface area contributed by atoms with Crippen LogP contribution in [0.1, 0.15) is 12.8 Å². The first-order valence-electron chi connectivity index (χ1n) is 10.8. The molecule has 9 heteroatoms. The summed E-state index contributed by atoms with van der Waals surface area (Å²) >= 11 is 0. The Morgan fingerprint density at radius 1 is 0.839 bits per heavy atom. The minimum absolute atomic E-state index is 0.0904. The van der Waals surface area contributed by atoms with E-state index in [9.17, 15) is 4.79 Å². The molecule has 5 heterocycles. The summed E-state index contributed by atoms with van der Waals surface area (Å²) in [4.78, 5) is 36.9. The second-order valence-corrected chi connectivity index (χ2v) is 7.97. The molecule has 2 fully saturated rings. The summed E-state index contributed by atoms with van der Waals surface area (Å²) in [6, 6.07) is 7.93. The summed E-state index contributed by atoms with van der Waals surface area (Å²) in [5, 5.41) is 0. The Kier molecular flexibility index (Phi) is 5.47. The lowest BCUT2D eigenvalue weighted by atomic mass is 9.95. The van der Waals surface area contributed by atoms with Gasteiger partial charge in [0, 0.05) is 69.8 Å². The summed E-state index contributed by atoms with van der Waals surface area (Å²) in [5.41, 5.74) is 0. The molecule has 0 atom stereocenters. The molecule has 160 valence electrons. The van der Waals surface area contributed by atoms with E-state index in [0.717, 1.165) is 69.6 Å². The third-order valence-corrected chi connectivity index (χ3v) is 6.14. The first kappa shape index (κ1) is 19.5. The maximum absolute atomic E-state index is 13.1. The van der Waals surface area contributed by atoms with Crippen molar-refractivity contribution in [3.05, 3.63) is 55.5 Å². The van der Waals surface area contributed by atoms with E-state index in [1.54, 1.807) is 18.9 Å². The van der Waals surface area contributed by atoms with Gasteiger partial charge in [0.25, 0.3) is 0 Å². The van der Waals surface area contributed by atoms with Crippen molar-refractivity contribution in [2.45, 2.75) is 12.8 Å². The van der Waals surface area contributed by atoms with Crippen LogP contribution >= 0.6 is 0 Å². The van der Waals surface area contributed by atoms with Gasteiger partial charge in [-0.05, 0) is 25.0 Å². The Morgan fingerprint density at radius 2 is 1.61 bits per heavy atom. The molecule has 0 spiro atoms. The van der Waals surface area contributed by atoms with Crippen molar-refractivity contribution in [1.29, 1.82) is 0 Å². The zero-order valence-electron chi connectivity index (χ0n) is 17.4. The number of carbonyl (C=O) groups excluding carboxylic acids is 1. The molecule has 0 N–H and O–H groups in total. The van der Waals surface area contributed by atoms with Gasteiger partial charge >= 0.3 is 0 Å². The highest BCUT2D eigenvalue weighted by atomic mass is 16.2. The summed E-state index contributed by atoms with van der Waals surface area (Å²) in [6.07, 6.45) is 10.4. The van der Waals surface area contributed by atoms with Crippen LogP contribution in [0.3, 0.4) is 0 Å². The molecular formula is C22H26N8O. The molecule has 0 radical (unpaired) electrons. The summed E-state index contributed by atoms with van der Waals surface area (Å²) < 4.78 is 1.87. The normalized spacial score (nSPS) is 17.7. The fourth-order valence-electron chi connectivity index (χ4n) is 4.36.